The molecule has 0 saturated carbocycles. The van der Waals surface area contributed by atoms with Crippen molar-refractivity contribution >= 4 is 0 Å². The molecule has 82 valence electrons. The summed E-state index contributed by atoms with van der Waals surface area (Å²) in [6.45, 7) is 3.28. The average molecular weight is 219 g/mol. The van der Waals surface area contributed by atoms with Crippen LogP contribution in [0.25, 0.3) is 0 Å². The third-order valence-corrected chi connectivity index (χ3v) is 1.94. The normalized spacial score (nSPS) is 13.7. The second-order valence-corrected chi connectivity index (χ2v) is 2.96. The first-order chi connectivity index (χ1) is 6.88. The van der Waals surface area contributed by atoms with Gasteiger partial charge in [-0.25, -0.2) is 4.39 Å². The van der Waals surface area contributed by atoms with Gasteiger partial charge >= 0.3 is 6.18 Å². The minimum atomic E-state index is -4.75. The van der Waals surface area contributed by atoms with Crippen LogP contribution in [0.15, 0.2) is 30.9 Å². The van der Waals surface area contributed by atoms with E-state index >= 15 is 0 Å². The maximum atomic E-state index is 13.0. The van der Waals surface area contributed by atoms with Gasteiger partial charge < -0.3 is 5.73 Å². The minimum absolute atomic E-state index is 0.308. The van der Waals surface area contributed by atoms with E-state index in [-0.39, 0.29) is 5.56 Å². The van der Waals surface area contributed by atoms with E-state index in [2.05, 4.69) is 6.58 Å². The number of halogens is 4. The second-order valence-electron chi connectivity index (χ2n) is 2.96. The summed E-state index contributed by atoms with van der Waals surface area (Å²) in [5, 5.41) is 0. The van der Waals surface area contributed by atoms with Crippen LogP contribution in [0.4, 0.5) is 17.6 Å². The number of hydrogen-bond acceptors (Lipinski definition) is 1. The first kappa shape index (κ1) is 11.7. The first-order valence-corrected chi connectivity index (χ1v) is 4.11. The van der Waals surface area contributed by atoms with Crippen LogP contribution >= 0.6 is 0 Å². The molecule has 0 amide bonds. The highest BCUT2D eigenvalue weighted by Gasteiger charge is 2.37. The van der Waals surface area contributed by atoms with E-state index in [0.29, 0.717) is 0 Å². The smallest absolute Gasteiger partial charge is 0.321 e. The monoisotopic (exact) mass is 219 g/mol. The van der Waals surface area contributed by atoms with Crippen LogP contribution in [0.5, 0.6) is 0 Å². The van der Waals surface area contributed by atoms with Crippen molar-refractivity contribution in [2.45, 2.75) is 12.2 Å². The largest absolute Gasteiger partial charge is 0.419 e. The van der Waals surface area contributed by atoms with E-state index in [1.54, 1.807) is 0 Å². The molecule has 0 bridgehead atoms. The molecule has 1 nitrogen and oxygen atoms in total. The predicted molar refractivity (Wildman–Crippen MR) is 48.5 cm³/mol. The fourth-order valence-corrected chi connectivity index (χ4v) is 1.24. The highest BCUT2D eigenvalue weighted by molar-refractivity contribution is 5.35. The SMILES string of the molecule is C=C[C@H](N)c1cccc(F)c1C(F)(F)F. The summed E-state index contributed by atoms with van der Waals surface area (Å²) in [6, 6.07) is 2.04. The standard InChI is InChI=1S/C10H9F4N/c1-2-8(15)6-4-3-5-7(11)9(6)10(12,13)14/h2-5,8H,1,15H2/t8-/m0/s1. The maximum Gasteiger partial charge on any atom is 0.419 e. The highest BCUT2D eigenvalue weighted by atomic mass is 19.4. The molecule has 0 aliphatic rings. The lowest BCUT2D eigenvalue weighted by Gasteiger charge is -2.16. The number of hydrogen-bond donors (Lipinski definition) is 1. The van der Waals surface area contributed by atoms with Gasteiger partial charge in [0.25, 0.3) is 0 Å². The van der Waals surface area contributed by atoms with Crippen molar-refractivity contribution in [2.24, 2.45) is 5.73 Å². The molecule has 0 fully saturated rings. The third-order valence-electron chi connectivity index (χ3n) is 1.94. The molecule has 15 heavy (non-hydrogen) atoms. The van der Waals surface area contributed by atoms with Crippen LogP contribution in [0.3, 0.4) is 0 Å². The molecule has 1 rings (SSSR count). The van der Waals surface area contributed by atoms with Crippen LogP contribution < -0.4 is 5.73 Å². The topological polar surface area (TPSA) is 26.0 Å². The van der Waals surface area contributed by atoms with Gasteiger partial charge in [-0.1, -0.05) is 18.2 Å². The van der Waals surface area contributed by atoms with Gasteiger partial charge in [-0.2, -0.15) is 13.2 Å². The lowest BCUT2D eigenvalue weighted by molar-refractivity contribution is -0.140. The van der Waals surface area contributed by atoms with Gasteiger partial charge in [0.05, 0.1) is 5.56 Å². The Bertz CT molecular complexity index is 370. The van der Waals surface area contributed by atoms with E-state index in [1.165, 1.54) is 6.07 Å². The van der Waals surface area contributed by atoms with Crippen molar-refractivity contribution in [3.8, 4) is 0 Å². The predicted octanol–water partition coefficient (Wildman–Crippen LogP) is 3.03. The van der Waals surface area contributed by atoms with Gasteiger partial charge in [-0.3, -0.25) is 0 Å². The minimum Gasteiger partial charge on any atom is -0.321 e. The summed E-state index contributed by atoms with van der Waals surface area (Å²) in [7, 11) is 0. The van der Waals surface area contributed by atoms with Crippen LogP contribution in [0.2, 0.25) is 0 Å². The van der Waals surface area contributed by atoms with Crippen LogP contribution in [0, 0.1) is 5.82 Å². The Hall–Kier alpha value is -1.36. The zero-order chi connectivity index (χ0) is 11.6. The Balaban J connectivity index is 3.39. The van der Waals surface area contributed by atoms with Gasteiger partial charge in [0.15, 0.2) is 0 Å². The molecule has 0 aliphatic heterocycles. The third kappa shape index (κ3) is 2.36. The van der Waals surface area contributed by atoms with Gasteiger partial charge in [0, 0.05) is 6.04 Å². The molecule has 0 heterocycles. The number of nitrogens with two attached hydrogens (primary N) is 1. The quantitative estimate of drug-likeness (QED) is 0.600. The molecule has 0 saturated heterocycles. The van der Waals surface area contributed by atoms with Crippen molar-refractivity contribution < 1.29 is 17.6 Å². The summed E-state index contributed by atoms with van der Waals surface area (Å²) in [6.07, 6.45) is -3.62. The van der Waals surface area contributed by atoms with Crippen molar-refractivity contribution in [1.82, 2.24) is 0 Å². The van der Waals surface area contributed by atoms with Crippen molar-refractivity contribution in [1.29, 1.82) is 0 Å². The Morgan fingerprint density at radius 3 is 2.40 bits per heavy atom. The number of alkyl halides is 3. The maximum absolute atomic E-state index is 13.0. The van der Waals surface area contributed by atoms with E-state index in [9.17, 15) is 17.6 Å². The fourth-order valence-electron chi connectivity index (χ4n) is 1.24. The van der Waals surface area contributed by atoms with Crippen molar-refractivity contribution in [3.05, 3.63) is 47.8 Å². The van der Waals surface area contributed by atoms with Gasteiger partial charge in [-0.15, -0.1) is 6.58 Å². The molecule has 1 atom stereocenters. The summed E-state index contributed by atoms with van der Waals surface area (Å²) in [5.41, 5.74) is 3.75. The molecule has 1 aromatic rings. The number of rotatable bonds is 2. The van der Waals surface area contributed by atoms with E-state index in [0.717, 1.165) is 18.2 Å². The molecule has 1 aromatic carbocycles. The molecule has 0 radical (unpaired) electrons. The van der Waals surface area contributed by atoms with Crippen LogP contribution in [-0.2, 0) is 6.18 Å². The van der Waals surface area contributed by atoms with Gasteiger partial charge in [0.2, 0.25) is 0 Å². The summed E-state index contributed by atoms with van der Waals surface area (Å²) in [5.74, 6) is -1.32. The Kier molecular flexibility index (Phi) is 3.14. The van der Waals surface area contributed by atoms with E-state index in [4.69, 9.17) is 5.73 Å². The lowest BCUT2D eigenvalue weighted by atomic mass is 10.00. The van der Waals surface area contributed by atoms with Crippen LogP contribution in [-0.4, -0.2) is 0 Å². The lowest BCUT2D eigenvalue weighted by Crippen LogP contribution is -2.17. The Morgan fingerprint density at radius 1 is 1.33 bits per heavy atom. The van der Waals surface area contributed by atoms with Crippen molar-refractivity contribution in [3.63, 3.8) is 0 Å². The molecular weight excluding hydrogens is 210 g/mol. The molecule has 2 N–H and O–H groups in total. The van der Waals surface area contributed by atoms with E-state index < -0.39 is 23.6 Å². The van der Waals surface area contributed by atoms with Crippen LogP contribution in [0.1, 0.15) is 17.2 Å². The average Bonchev–Trinajstić information content (AvgIpc) is 2.14. The van der Waals surface area contributed by atoms with Gasteiger partial charge in [-0.05, 0) is 11.6 Å². The zero-order valence-electron chi connectivity index (χ0n) is 7.68. The second kappa shape index (κ2) is 4.02. The molecule has 0 aromatic heterocycles. The first-order valence-electron chi connectivity index (χ1n) is 4.11. The Labute approximate surface area is 84.2 Å². The molecular formula is C10H9F4N. The Morgan fingerprint density at radius 2 is 1.93 bits per heavy atom. The molecule has 0 unspecified atom stereocenters. The number of benzene rings is 1. The molecule has 5 heteroatoms. The van der Waals surface area contributed by atoms with E-state index in [1.807, 2.05) is 0 Å². The molecule has 0 spiro atoms. The molecule has 0 aliphatic carbocycles. The summed E-state index contributed by atoms with van der Waals surface area (Å²) in [4.78, 5) is 0. The van der Waals surface area contributed by atoms with Crippen molar-refractivity contribution in [2.75, 3.05) is 0 Å². The summed E-state index contributed by atoms with van der Waals surface area (Å²) < 4.78 is 50.5. The van der Waals surface area contributed by atoms with Gasteiger partial charge in [0.1, 0.15) is 5.82 Å². The highest BCUT2D eigenvalue weighted by Crippen LogP contribution is 2.36. The zero-order valence-corrected chi connectivity index (χ0v) is 7.68. The fraction of sp³-hybridized carbons (Fsp3) is 0.200. The summed E-state index contributed by atoms with van der Waals surface area (Å²) >= 11 is 0.